The molecule has 0 bridgehead atoms. The minimum Gasteiger partial charge on any atom is -0.477 e. The maximum absolute atomic E-state index is 12.6. The third kappa shape index (κ3) is 2.66. The average Bonchev–Trinajstić information content (AvgIpc) is 2.48. The fraction of sp³-hybridized carbons (Fsp3) is 0.375. The van der Waals surface area contributed by atoms with Gasteiger partial charge in [0, 0.05) is 15.9 Å². The molecule has 1 rings (SSSR count). The SMILES string of the molecule is Cc1cc(NCC(F)(F)C(=O)O)cs1. The van der Waals surface area contributed by atoms with Crippen molar-refractivity contribution in [2.75, 3.05) is 11.9 Å². The highest BCUT2D eigenvalue weighted by molar-refractivity contribution is 7.10. The Hall–Kier alpha value is -1.17. The quantitative estimate of drug-likeness (QED) is 0.819. The van der Waals surface area contributed by atoms with Gasteiger partial charge in [0.1, 0.15) is 0 Å². The Morgan fingerprint density at radius 3 is 2.79 bits per heavy atom. The summed E-state index contributed by atoms with van der Waals surface area (Å²) in [5, 5.41) is 12.2. The minimum atomic E-state index is -3.73. The summed E-state index contributed by atoms with van der Waals surface area (Å²) in [4.78, 5) is 11.0. The zero-order valence-electron chi connectivity index (χ0n) is 7.38. The summed E-state index contributed by atoms with van der Waals surface area (Å²) in [5.41, 5.74) is 0.522. The zero-order valence-corrected chi connectivity index (χ0v) is 8.20. The van der Waals surface area contributed by atoms with E-state index in [4.69, 9.17) is 5.11 Å². The summed E-state index contributed by atoms with van der Waals surface area (Å²) in [6.07, 6.45) is 0. The smallest absolute Gasteiger partial charge is 0.376 e. The van der Waals surface area contributed by atoms with Gasteiger partial charge in [-0.1, -0.05) is 0 Å². The van der Waals surface area contributed by atoms with Gasteiger partial charge < -0.3 is 10.4 Å². The van der Waals surface area contributed by atoms with E-state index in [1.165, 1.54) is 11.3 Å². The van der Waals surface area contributed by atoms with Crippen LogP contribution in [-0.2, 0) is 4.79 Å². The van der Waals surface area contributed by atoms with Crippen molar-refractivity contribution in [3.63, 3.8) is 0 Å². The van der Waals surface area contributed by atoms with E-state index in [1.54, 1.807) is 11.4 Å². The molecule has 0 radical (unpaired) electrons. The monoisotopic (exact) mass is 221 g/mol. The third-order valence-electron chi connectivity index (χ3n) is 1.56. The summed E-state index contributed by atoms with van der Waals surface area (Å²) >= 11 is 1.41. The van der Waals surface area contributed by atoms with Crippen molar-refractivity contribution in [1.29, 1.82) is 0 Å². The van der Waals surface area contributed by atoms with Crippen molar-refractivity contribution in [1.82, 2.24) is 0 Å². The first-order valence-corrected chi connectivity index (χ1v) is 4.70. The van der Waals surface area contributed by atoms with Gasteiger partial charge in [0.25, 0.3) is 0 Å². The Labute approximate surface area is 83.4 Å². The van der Waals surface area contributed by atoms with Gasteiger partial charge in [-0.3, -0.25) is 0 Å². The summed E-state index contributed by atoms with van der Waals surface area (Å²) in [7, 11) is 0. The number of anilines is 1. The van der Waals surface area contributed by atoms with Crippen LogP contribution in [0.2, 0.25) is 0 Å². The largest absolute Gasteiger partial charge is 0.477 e. The van der Waals surface area contributed by atoms with Crippen LogP contribution in [0.4, 0.5) is 14.5 Å². The molecule has 1 aromatic heterocycles. The lowest BCUT2D eigenvalue weighted by atomic mass is 10.3. The van der Waals surface area contributed by atoms with Crippen LogP contribution < -0.4 is 5.32 Å². The van der Waals surface area contributed by atoms with Crippen LogP contribution in [0.5, 0.6) is 0 Å². The second kappa shape index (κ2) is 3.91. The number of aliphatic carboxylic acids is 1. The molecule has 0 unspecified atom stereocenters. The molecule has 3 nitrogen and oxygen atoms in total. The fourth-order valence-electron chi connectivity index (χ4n) is 0.825. The minimum absolute atomic E-state index is 0.522. The summed E-state index contributed by atoms with van der Waals surface area (Å²) in [5.74, 6) is -5.84. The van der Waals surface area contributed by atoms with E-state index in [2.05, 4.69) is 5.32 Å². The van der Waals surface area contributed by atoms with Crippen LogP contribution in [0.25, 0.3) is 0 Å². The molecule has 78 valence electrons. The first-order chi connectivity index (χ1) is 6.42. The molecule has 0 fully saturated rings. The van der Waals surface area contributed by atoms with E-state index < -0.39 is 18.4 Å². The Morgan fingerprint density at radius 1 is 1.71 bits per heavy atom. The first kappa shape index (κ1) is 10.9. The number of rotatable bonds is 4. The first-order valence-electron chi connectivity index (χ1n) is 3.82. The van der Waals surface area contributed by atoms with Gasteiger partial charge in [0.15, 0.2) is 0 Å². The third-order valence-corrected chi connectivity index (χ3v) is 2.42. The molecule has 0 aliphatic carbocycles. The van der Waals surface area contributed by atoms with Crippen LogP contribution in [-0.4, -0.2) is 23.5 Å². The molecule has 0 aliphatic rings. The van der Waals surface area contributed by atoms with E-state index in [1.807, 2.05) is 6.92 Å². The number of carboxylic acids is 1. The maximum atomic E-state index is 12.6. The predicted molar refractivity (Wildman–Crippen MR) is 50.1 cm³/mol. The number of halogens is 2. The van der Waals surface area contributed by atoms with Crippen molar-refractivity contribution >= 4 is 23.0 Å². The fourth-order valence-corrected chi connectivity index (χ4v) is 1.48. The summed E-state index contributed by atoms with van der Waals surface area (Å²) in [6.45, 7) is 0.948. The number of carboxylic acid groups (broad SMARTS) is 1. The summed E-state index contributed by atoms with van der Waals surface area (Å²) in [6, 6.07) is 1.68. The van der Waals surface area contributed by atoms with Crippen molar-refractivity contribution < 1.29 is 18.7 Å². The lowest BCUT2D eigenvalue weighted by Gasteiger charge is -2.11. The average molecular weight is 221 g/mol. The van der Waals surface area contributed by atoms with E-state index in [9.17, 15) is 13.6 Å². The lowest BCUT2D eigenvalue weighted by Crippen LogP contribution is -2.35. The molecule has 0 aliphatic heterocycles. The van der Waals surface area contributed by atoms with Gasteiger partial charge in [-0.05, 0) is 13.0 Å². The van der Waals surface area contributed by atoms with Gasteiger partial charge in [0.2, 0.25) is 0 Å². The van der Waals surface area contributed by atoms with Gasteiger partial charge in [-0.25, -0.2) is 4.79 Å². The van der Waals surface area contributed by atoms with Crippen molar-refractivity contribution in [2.24, 2.45) is 0 Å². The van der Waals surface area contributed by atoms with Crippen LogP contribution in [0.3, 0.4) is 0 Å². The van der Waals surface area contributed by atoms with Crippen LogP contribution in [0.15, 0.2) is 11.4 Å². The van der Waals surface area contributed by atoms with E-state index >= 15 is 0 Å². The Balaban J connectivity index is 2.52. The van der Waals surface area contributed by atoms with Crippen LogP contribution in [0, 0.1) is 6.92 Å². The number of hydrogen-bond acceptors (Lipinski definition) is 3. The van der Waals surface area contributed by atoms with E-state index in [-0.39, 0.29) is 0 Å². The zero-order chi connectivity index (χ0) is 10.8. The molecule has 14 heavy (non-hydrogen) atoms. The second-order valence-electron chi connectivity index (χ2n) is 2.81. The Morgan fingerprint density at radius 2 is 2.36 bits per heavy atom. The standard InChI is InChI=1S/C8H9F2NO2S/c1-5-2-6(3-14-5)11-4-8(9,10)7(12)13/h2-3,11H,4H2,1H3,(H,12,13). The number of thiophene rings is 1. The Kier molecular flexibility index (Phi) is 3.05. The van der Waals surface area contributed by atoms with Crippen LogP contribution in [0.1, 0.15) is 4.88 Å². The predicted octanol–water partition coefficient (Wildman–Crippen LogP) is 2.19. The van der Waals surface area contributed by atoms with Gasteiger partial charge >= 0.3 is 11.9 Å². The number of aryl methyl sites for hydroxylation is 1. The topological polar surface area (TPSA) is 49.3 Å². The van der Waals surface area contributed by atoms with Gasteiger partial charge in [-0.15, -0.1) is 11.3 Å². The molecule has 6 heteroatoms. The molecule has 0 amide bonds. The normalized spacial score (nSPS) is 11.4. The molecule has 0 spiro atoms. The number of alkyl halides is 2. The highest BCUT2D eigenvalue weighted by Crippen LogP contribution is 2.20. The van der Waals surface area contributed by atoms with Crippen molar-refractivity contribution in [3.8, 4) is 0 Å². The molecule has 1 heterocycles. The molecule has 0 atom stereocenters. The number of nitrogens with one attached hydrogen (secondary N) is 1. The Bertz CT molecular complexity index is 338. The molecular weight excluding hydrogens is 212 g/mol. The van der Waals surface area contributed by atoms with E-state index in [0.717, 1.165) is 4.88 Å². The molecule has 0 aromatic carbocycles. The van der Waals surface area contributed by atoms with Crippen molar-refractivity contribution in [3.05, 3.63) is 16.3 Å². The maximum Gasteiger partial charge on any atom is 0.376 e. The molecule has 0 saturated carbocycles. The second-order valence-corrected chi connectivity index (χ2v) is 3.92. The van der Waals surface area contributed by atoms with Gasteiger partial charge in [0.05, 0.1) is 6.54 Å². The molecule has 1 aromatic rings. The summed E-state index contributed by atoms with van der Waals surface area (Å²) < 4.78 is 25.2. The van der Waals surface area contributed by atoms with Crippen molar-refractivity contribution in [2.45, 2.75) is 12.8 Å². The highest BCUT2D eigenvalue weighted by atomic mass is 32.1. The number of hydrogen-bond donors (Lipinski definition) is 2. The molecule has 0 saturated heterocycles. The highest BCUT2D eigenvalue weighted by Gasteiger charge is 2.38. The lowest BCUT2D eigenvalue weighted by molar-refractivity contribution is -0.162. The molecule has 2 N–H and O–H groups in total. The molecular formula is C8H9F2NO2S. The number of carbonyl (C=O) groups is 1. The van der Waals surface area contributed by atoms with E-state index in [0.29, 0.717) is 5.69 Å². The van der Waals surface area contributed by atoms with Gasteiger partial charge in [-0.2, -0.15) is 8.78 Å². The van der Waals surface area contributed by atoms with Crippen LogP contribution >= 0.6 is 11.3 Å².